The summed E-state index contributed by atoms with van der Waals surface area (Å²) in [7, 11) is 1.28. The number of aryl methyl sites for hydroxylation is 1. The maximum Gasteiger partial charge on any atom is 0.355 e. The highest BCUT2D eigenvalue weighted by atomic mass is 32.2. The van der Waals surface area contributed by atoms with Gasteiger partial charge in [0.2, 0.25) is 0 Å². The average Bonchev–Trinajstić information content (AvgIpc) is 4.07. The zero-order valence-corrected chi connectivity index (χ0v) is 37.9. The molecule has 3 N–H and O–H groups in total. The molecule has 15 nitrogen and oxygen atoms in total. The molecule has 2 atom stereocenters. The minimum atomic E-state index is -1.43. The summed E-state index contributed by atoms with van der Waals surface area (Å²) in [6, 6.07) is 32.5. The number of carbonyl (C=O) groups excluding carboxylic acids is 3. The van der Waals surface area contributed by atoms with Crippen LogP contribution in [0, 0.1) is 5.82 Å². The fraction of sp³-hybridized carbons (Fsp3) is 0.245. The van der Waals surface area contributed by atoms with Crippen LogP contribution < -0.4 is 21.0 Å². The summed E-state index contributed by atoms with van der Waals surface area (Å²) in [5.41, 5.74) is 1.73. The van der Waals surface area contributed by atoms with Gasteiger partial charge in [0, 0.05) is 47.8 Å². The van der Waals surface area contributed by atoms with Gasteiger partial charge in [0.1, 0.15) is 53.6 Å². The molecular weight excluding hydrogens is 898 g/mol. The van der Waals surface area contributed by atoms with E-state index in [1.165, 1.54) is 36.3 Å². The molecular formula is C49H44FN7O8S2. The summed E-state index contributed by atoms with van der Waals surface area (Å²) < 4.78 is 22.4. The van der Waals surface area contributed by atoms with Crippen molar-refractivity contribution < 1.29 is 38.2 Å². The van der Waals surface area contributed by atoms with Crippen LogP contribution in [0.5, 0.6) is 0 Å². The normalized spacial score (nSPS) is 17.2. The van der Waals surface area contributed by atoms with E-state index in [0.29, 0.717) is 29.4 Å². The minimum absolute atomic E-state index is 0.0403. The molecule has 18 heteroatoms. The van der Waals surface area contributed by atoms with Crippen LogP contribution in [-0.2, 0) is 36.0 Å². The summed E-state index contributed by atoms with van der Waals surface area (Å²) in [6.45, 7) is 2.87. The number of carboxylic acids is 1. The van der Waals surface area contributed by atoms with Gasteiger partial charge in [0.25, 0.3) is 11.8 Å². The third-order valence-corrected chi connectivity index (χ3v) is 14.2. The Balaban J connectivity index is 0.923. The Morgan fingerprint density at radius 2 is 1.55 bits per heavy atom. The second-order valence-electron chi connectivity index (χ2n) is 16.0. The van der Waals surface area contributed by atoms with Crippen LogP contribution in [0.3, 0.4) is 0 Å². The molecule has 0 aliphatic carbocycles. The van der Waals surface area contributed by atoms with Gasteiger partial charge in [-0.25, -0.2) is 19.0 Å². The van der Waals surface area contributed by atoms with E-state index in [0.717, 1.165) is 40.5 Å². The first-order valence-corrected chi connectivity index (χ1v) is 23.5. The highest BCUT2D eigenvalue weighted by molar-refractivity contribution is 8.00. The first-order chi connectivity index (χ1) is 32.5. The summed E-state index contributed by atoms with van der Waals surface area (Å²) in [5.74, 6) is -4.27. The maximum absolute atomic E-state index is 15.2. The molecule has 9 rings (SSSR count). The average molecular weight is 942 g/mol. The zero-order valence-electron chi connectivity index (χ0n) is 36.3. The van der Waals surface area contributed by atoms with Gasteiger partial charge in [0.15, 0.2) is 16.3 Å². The number of amides is 2. The number of hydrogen-bond donors (Lipinski definition) is 3. The molecule has 0 bridgehead atoms. The third kappa shape index (κ3) is 8.31. The van der Waals surface area contributed by atoms with Crippen molar-refractivity contribution in [2.24, 2.45) is 5.16 Å². The summed E-state index contributed by atoms with van der Waals surface area (Å²) in [5, 5.41) is 22.2. The number of fused-ring (bicyclic) bond motifs is 2. The van der Waals surface area contributed by atoms with Crippen LogP contribution in [-0.4, -0.2) is 93.0 Å². The van der Waals surface area contributed by atoms with Crippen molar-refractivity contribution >= 4 is 74.3 Å². The van der Waals surface area contributed by atoms with E-state index in [9.17, 15) is 29.1 Å². The van der Waals surface area contributed by atoms with E-state index in [-0.39, 0.29) is 46.1 Å². The van der Waals surface area contributed by atoms with E-state index >= 15 is 4.39 Å². The van der Waals surface area contributed by atoms with E-state index in [4.69, 9.17) is 14.6 Å². The number of esters is 1. The minimum Gasteiger partial charge on any atom is -0.477 e. The SMILES string of the molecule is CCn1c(C(=O)OCC2=C(C(=O)O)N3C(=O)[C@@H](NC(=O)C(=NOC)c4csc(NC(c5ccccc5)(c5ccccc5)c5ccccc5)n4)[C@H]3SC2)cc(=O)c2cc(F)c(N3CCCC3)cc21. The Bertz CT molecular complexity index is 2920. The number of thioether (sulfide) groups is 1. The number of nitrogens with zero attached hydrogens (tertiary/aromatic N) is 5. The third-order valence-electron chi connectivity index (χ3n) is 12.1. The van der Waals surface area contributed by atoms with Crippen LogP contribution in [0.4, 0.5) is 15.2 Å². The molecule has 4 aromatic carbocycles. The molecule has 2 amide bonds. The van der Waals surface area contributed by atoms with E-state index < -0.39 is 58.6 Å². The van der Waals surface area contributed by atoms with Gasteiger partial charge < -0.3 is 34.8 Å². The number of anilines is 2. The van der Waals surface area contributed by atoms with Crippen molar-refractivity contribution in [3.63, 3.8) is 0 Å². The Labute approximate surface area is 391 Å². The number of nitrogens with one attached hydrogen (secondary N) is 2. The second kappa shape index (κ2) is 18.9. The van der Waals surface area contributed by atoms with Crippen molar-refractivity contribution in [2.45, 2.75) is 43.3 Å². The predicted molar refractivity (Wildman–Crippen MR) is 254 cm³/mol. The number of carbonyl (C=O) groups is 4. The van der Waals surface area contributed by atoms with Crippen LogP contribution in [0.2, 0.25) is 0 Å². The fourth-order valence-electron chi connectivity index (χ4n) is 9.00. The number of halogens is 1. The maximum atomic E-state index is 15.2. The molecule has 0 spiro atoms. The van der Waals surface area contributed by atoms with E-state index in [2.05, 4.69) is 15.8 Å². The Hall–Kier alpha value is -7.31. The Kier molecular flexibility index (Phi) is 12.7. The number of carboxylic acid groups (broad SMARTS) is 1. The lowest BCUT2D eigenvalue weighted by atomic mass is 9.77. The smallest absolute Gasteiger partial charge is 0.355 e. The summed E-state index contributed by atoms with van der Waals surface area (Å²) >= 11 is 2.43. The highest BCUT2D eigenvalue weighted by Crippen LogP contribution is 2.42. The van der Waals surface area contributed by atoms with E-state index in [1.807, 2.05) is 95.9 Å². The van der Waals surface area contributed by atoms with E-state index in [1.54, 1.807) is 22.9 Å². The number of ether oxygens (including phenoxy) is 1. The van der Waals surface area contributed by atoms with Crippen molar-refractivity contribution in [3.8, 4) is 0 Å². The number of β-lactam (4-membered cyclic amide) rings is 1. The number of pyridine rings is 1. The van der Waals surface area contributed by atoms with Gasteiger partial charge in [-0.2, -0.15) is 0 Å². The lowest BCUT2D eigenvalue weighted by Crippen LogP contribution is -2.71. The largest absolute Gasteiger partial charge is 0.477 e. The highest BCUT2D eigenvalue weighted by Gasteiger charge is 2.54. The number of rotatable bonds is 15. The number of hydrogen-bond acceptors (Lipinski definition) is 13. The molecule has 2 aromatic heterocycles. The van der Waals surface area contributed by atoms with Crippen LogP contribution in [0.1, 0.15) is 52.6 Å². The molecule has 2 saturated heterocycles. The summed E-state index contributed by atoms with van der Waals surface area (Å²) in [6.07, 6.45) is 1.82. The Morgan fingerprint density at radius 1 is 0.925 bits per heavy atom. The monoisotopic (exact) mass is 941 g/mol. The molecule has 0 saturated carbocycles. The van der Waals surface area contributed by atoms with Gasteiger partial charge in [-0.3, -0.25) is 19.3 Å². The van der Waals surface area contributed by atoms with Crippen molar-refractivity contribution in [1.82, 2.24) is 19.8 Å². The predicted octanol–water partition coefficient (Wildman–Crippen LogP) is 6.57. The molecule has 6 aromatic rings. The molecule has 3 aliphatic heterocycles. The van der Waals surface area contributed by atoms with Crippen molar-refractivity contribution in [3.05, 3.63) is 170 Å². The standard InChI is InChI=1S/C49H44FN7O8S2/c1-3-56-36-24-37(55-21-13-14-22-55)34(50)23-33(36)39(58)25-38(56)47(63)65-26-29-27-66-45-41(44(60)57(45)42(29)46(61)62)52-43(59)40(54-64-2)35-28-67-48(51-35)53-49(30-15-7-4-8-16-30,31-17-9-5-10-18-31)32-19-11-6-12-20-32/h4-12,15-20,23-25,28,41,45H,3,13-14,21-22,26-27H2,1-2H3,(H,51,53)(H,52,59)(H,61,62)/t41-,45-/m1/s1. The first kappa shape index (κ1) is 44.9. The summed E-state index contributed by atoms with van der Waals surface area (Å²) in [4.78, 5) is 80.2. The topological polar surface area (TPSA) is 185 Å². The number of oxime groups is 1. The molecule has 342 valence electrons. The number of aliphatic carboxylic acids is 1. The lowest BCUT2D eigenvalue weighted by Gasteiger charge is -2.49. The van der Waals surface area contributed by atoms with Crippen molar-refractivity contribution in [1.29, 1.82) is 0 Å². The number of benzene rings is 4. The van der Waals surface area contributed by atoms with Gasteiger partial charge in [-0.05, 0) is 48.6 Å². The quantitative estimate of drug-likeness (QED) is 0.0332. The number of aromatic nitrogens is 2. The first-order valence-electron chi connectivity index (χ1n) is 21.6. The van der Waals surface area contributed by atoms with Gasteiger partial charge in [-0.1, -0.05) is 96.2 Å². The fourth-order valence-corrected chi connectivity index (χ4v) is 11.1. The second-order valence-corrected chi connectivity index (χ2v) is 17.9. The van der Waals surface area contributed by atoms with Gasteiger partial charge in [-0.15, -0.1) is 23.1 Å². The van der Waals surface area contributed by atoms with Crippen LogP contribution in [0.15, 0.2) is 136 Å². The number of thiazole rings is 1. The molecule has 5 heterocycles. The molecule has 0 radical (unpaired) electrons. The molecule has 2 fully saturated rings. The molecule has 67 heavy (non-hydrogen) atoms. The van der Waals surface area contributed by atoms with Gasteiger partial charge in [0.05, 0.1) is 11.2 Å². The van der Waals surface area contributed by atoms with Crippen molar-refractivity contribution in [2.75, 3.05) is 42.8 Å². The molecule has 3 aliphatic rings. The Morgan fingerprint density at radius 3 is 2.13 bits per heavy atom. The molecule has 0 unspecified atom stereocenters. The zero-order chi connectivity index (χ0) is 46.8. The van der Waals surface area contributed by atoms with Crippen LogP contribution >= 0.6 is 23.1 Å². The van der Waals surface area contributed by atoms with Crippen LogP contribution in [0.25, 0.3) is 10.9 Å². The van der Waals surface area contributed by atoms with Gasteiger partial charge >= 0.3 is 11.9 Å². The lowest BCUT2D eigenvalue weighted by molar-refractivity contribution is -0.150.